The molecule has 0 aromatic heterocycles. The summed E-state index contributed by atoms with van der Waals surface area (Å²) in [6.45, 7) is 4.50. The largest absolute Gasteiger partial charge is 0.294 e. The number of benzene rings is 1. The molecule has 0 fully saturated rings. The highest BCUT2D eigenvalue weighted by Crippen LogP contribution is 2.22. The van der Waals surface area contributed by atoms with Gasteiger partial charge in [-0.3, -0.25) is 15.1 Å². The van der Waals surface area contributed by atoms with E-state index in [1.807, 2.05) is 6.92 Å². The minimum atomic E-state index is -0.101. The van der Waals surface area contributed by atoms with Gasteiger partial charge in [-0.2, -0.15) is 0 Å². The first-order valence-corrected chi connectivity index (χ1v) is 5.50. The molecule has 86 valence electrons. The van der Waals surface area contributed by atoms with Crippen LogP contribution in [-0.4, -0.2) is 17.4 Å². The molecule has 0 saturated heterocycles. The standard InChI is InChI=1S/C12H17N3O/c1-9(12(16)14-13)6-15-7-10-4-2-3-5-11(10)8-15/h2-5,9H,6-8,13H2,1H3,(H,14,16). The molecule has 1 heterocycles. The number of amides is 1. The summed E-state index contributed by atoms with van der Waals surface area (Å²) in [5.41, 5.74) is 4.92. The average molecular weight is 219 g/mol. The number of carbonyl (C=O) groups is 1. The summed E-state index contributed by atoms with van der Waals surface area (Å²) in [5.74, 6) is 4.94. The van der Waals surface area contributed by atoms with E-state index in [4.69, 9.17) is 5.84 Å². The van der Waals surface area contributed by atoms with Crippen LogP contribution in [0.15, 0.2) is 24.3 Å². The first kappa shape index (κ1) is 11.1. The summed E-state index contributed by atoms with van der Waals surface area (Å²) in [7, 11) is 0. The van der Waals surface area contributed by atoms with Crippen molar-refractivity contribution in [2.24, 2.45) is 11.8 Å². The minimum absolute atomic E-state index is 0.0701. The van der Waals surface area contributed by atoms with Crippen molar-refractivity contribution in [2.75, 3.05) is 6.54 Å². The molecule has 3 N–H and O–H groups in total. The van der Waals surface area contributed by atoms with Crippen molar-refractivity contribution < 1.29 is 4.79 Å². The Morgan fingerprint density at radius 3 is 2.50 bits per heavy atom. The summed E-state index contributed by atoms with van der Waals surface area (Å²) in [5, 5.41) is 0. The van der Waals surface area contributed by atoms with E-state index in [1.165, 1.54) is 11.1 Å². The maximum atomic E-state index is 11.3. The highest BCUT2D eigenvalue weighted by atomic mass is 16.2. The van der Waals surface area contributed by atoms with Gasteiger partial charge in [-0.25, -0.2) is 5.84 Å². The predicted molar refractivity (Wildman–Crippen MR) is 62.1 cm³/mol. The van der Waals surface area contributed by atoms with Crippen LogP contribution in [0.4, 0.5) is 0 Å². The molecule has 0 saturated carbocycles. The van der Waals surface area contributed by atoms with Crippen molar-refractivity contribution in [1.82, 2.24) is 10.3 Å². The first-order chi connectivity index (χ1) is 7.70. The fourth-order valence-corrected chi connectivity index (χ4v) is 2.15. The van der Waals surface area contributed by atoms with E-state index >= 15 is 0 Å². The molecule has 1 atom stereocenters. The maximum Gasteiger partial charge on any atom is 0.237 e. The third-order valence-electron chi connectivity index (χ3n) is 3.03. The van der Waals surface area contributed by atoms with E-state index < -0.39 is 0 Å². The van der Waals surface area contributed by atoms with Gasteiger partial charge < -0.3 is 0 Å². The number of nitrogens with one attached hydrogen (secondary N) is 1. The molecule has 0 radical (unpaired) electrons. The second kappa shape index (κ2) is 4.63. The van der Waals surface area contributed by atoms with Crippen molar-refractivity contribution in [3.05, 3.63) is 35.4 Å². The lowest BCUT2D eigenvalue weighted by Crippen LogP contribution is -2.39. The normalized spacial score (nSPS) is 16.9. The molecule has 16 heavy (non-hydrogen) atoms. The number of carbonyl (C=O) groups excluding carboxylic acids is 1. The lowest BCUT2D eigenvalue weighted by atomic mass is 10.1. The third kappa shape index (κ3) is 2.23. The van der Waals surface area contributed by atoms with Crippen LogP contribution < -0.4 is 11.3 Å². The van der Waals surface area contributed by atoms with E-state index in [2.05, 4.69) is 34.6 Å². The minimum Gasteiger partial charge on any atom is -0.294 e. The van der Waals surface area contributed by atoms with Gasteiger partial charge in [-0.1, -0.05) is 31.2 Å². The molecule has 4 heteroatoms. The van der Waals surface area contributed by atoms with E-state index in [0.29, 0.717) is 0 Å². The van der Waals surface area contributed by atoms with E-state index in [1.54, 1.807) is 0 Å². The molecule has 1 unspecified atom stereocenters. The van der Waals surface area contributed by atoms with Crippen LogP contribution in [0.2, 0.25) is 0 Å². The Morgan fingerprint density at radius 1 is 1.44 bits per heavy atom. The number of rotatable bonds is 3. The molecule has 1 amide bonds. The van der Waals surface area contributed by atoms with Gasteiger partial charge in [-0.05, 0) is 11.1 Å². The molecular formula is C12H17N3O. The van der Waals surface area contributed by atoms with Crippen LogP contribution in [0.25, 0.3) is 0 Å². The Hall–Kier alpha value is -1.39. The second-order valence-corrected chi connectivity index (χ2v) is 4.35. The van der Waals surface area contributed by atoms with E-state index in [-0.39, 0.29) is 11.8 Å². The fraction of sp³-hybridized carbons (Fsp3) is 0.417. The number of hydrogen-bond acceptors (Lipinski definition) is 3. The van der Waals surface area contributed by atoms with Crippen LogP contribution in [0.1, 0.15) is 18.1 Å². The van der Waals surface area contributed by atoms with Crippen LogP contribution in [0.3, 0.4) is 0 Å². The molecule has 1 aromatic rings. The Labute approximate surface area is 95.4 Å². The molecule has 4 nitrogen and oxygen atoms in total. The van der Waals surface area contributed by atoms with Gasteiger partial charge in [0.05, 0.1) is 0 Å². The lowest BCUT2D eigenvalue weighted by molar-refractivity contribution is -0.125. The number of hydrazine groups is 1. The monoisotopic (exact) mass is 219 g/mol. The molecule has 2 rings (SSSR count). The Bertz CT molecular complexity index is 367. The van der Waals surface area contributed by atoms with Crippen molar-refractivity contribution in [1.29, 1.82) is 0 Å². The van der Waals surface area contributed by atoms with Crippen molar-refractivity contribution in [2.45, 2.75) is 20.0 Å². The summed E-state index contributed by atoms with van der Waals surface area (Å²) in [4.78, 5) is 13.6. The maximum absolute atomic E-state index is 11.3. The fourth-order valence-electron chi connectivity index (χ4n) is 2.15. The zero-order valence-electron chi connectivity index (χ0n) is 9.44. The highest BCUT2D eigenvalue weighted by molar-refractivity contribution is 5.77. The van der Waals surface area contributed by atoms with E-state index in [0.717, 1.165) is 19.6 Å². The Morgan fingerprint density at radius 2 is 2.00 bits per heavy atom. The summed E-state index contributed by atoms with van der Waals surface area (Å²) < 4.78 is 0. The van der Waals surface area contributed by atoms with Crippen molar-refractivity contribution in [3.8, 4) is 0 Å². The molecule has 1 aliphatic heterocycles. The Balaban J connectivity index is 1.94. The number of fused-ring (bicyclic) bond motifs is 1. The molecule has 0 bridgehead atoms. The molecule has 0 aliphatic carbocycles. The number of nitrogens with two attached hydrogens (primary N) is 1. The van der Waals surface area contributed by atoms with Gasteiger partial charge >= 0.3 is 0 Å². The number of hydrogen-bond donors (Lipinski definition) is 2. The zero-order valence-corrected chi connectivity index (χ0v) is 9.44. The van der Waals surface area contributed by atoms with Gasteiger partial charge in [0.2, 0.25) is 5.91 Å². The van der Waals surface area contributed by atoms with Crippen LogP contribution >= 0.6 is 0 Å². The molecule has 0 spiro atoms. The van der Waals surface area contributed by atoms with Gasteiger partial charge in [0.15, 0.2) is 0 Å². The predicted octanol–water partition coefficient (Wildman–Crippen LogP) is 0.628. The molecule has 1 aromatic carbocycles. The SMILES string of the molecule is CC(CN1Cc2ccccc2C1)C(=O)NN. The zero-order chi connectivity index (χ0) is 11.5. The van der Waals surface area contributed by atoms with Crippen molar-refractivity contribution in [3.63, 3.8) is 0 Å². The van der Waals surface area contributed by atoms with Gasteiger partial charge in [0, 0.05) is 25.6 Å². The lowest BCUT2D eigenvalue weighted by Gasteiger charge is -2.18. The summed E-state index contributed by atoms with van der Waals surface area (Å²) in [6, 6.07) is 8.39. The smallest absolute Gasteiger partial charge is 0.237 e. The van der Waals surface area contributed by atoms with Gasteiger partial charge in [0.1, 0.15) is 0 Å². The summed E-state index contributed by atoms with van der Waals surface area (Å²) >= 11 is 0. The topological polar surface area (TPSA) is 58.4 Å². The van der Waals surface area contributed by atoms with Crippen LogP contribution in [0.5, 0.6) is 0 Å². The van der Waals surface area contributed by atoms with Gasteiger partial charge in [0.25, 0.3) is 0 Å². The molecular weight excluding hydrogens is 202 g/mol. The Kier molecular flexibility index (Phi) is 3.22. The van der Waals surface area contributed by atoms with E-state index in [9.17, 15) is 4.79 Å². The van der Waals surface area contributed by atoms with Crippen molar-refractivity contribution >= 4 is 5.91 Å². The third-order valence-corrected chi connectivity index (χ3v) is 3.03. The van der Waals surface area contributed by atoms with Crippen LogP contribution in [0, 0.1) is 5.92 Å². The highest BCUT2D eigenvalue weighted by Gasteiger charge is 2.22. The van der Waals surface area contributed by atoms with Gasteiger partial charge in [-0.15, -0.1) is 0 Å². The number of nitrogens with zero attached hydrogens (tertiary/aromatic N) is 1. The second-order valence-electron chi connectivity index (χ2n) is 4.35. The molecule has 1 aliphatic rings. The average Bonchev–Trinajstić information content (AvgIpc) is 2.69. The summed E-state index contributed by atoms with van der Waals surface area (Å²) in [6.07, 6.45) is 0. The quantitative estimate of drug-likeness (QED) is 0.445. The first-order valence-electron chi connectivity index (χ1n) is 5.50. The van der Waals surface area contributed by atoms with Crippen LogP contribution in [-0.2, 0) is 17.9 Å².